The molecule has 4 aromatic rings. The summed E-state index contributed by atoms with van der Waals surface area (Å²) in [6.07, 6.45) is 4.16. The smallest absolute Gasteiger partial charge is 0.166 e. The normalized spacial score (nSPS) is 12.1. The molecule has 10 heteroatoms. The fourth-order valence-electron chi connectivity index (χ4n) is 3.09. The minimum absolute atomic E-state index is 0.127. The van der Waals surface area contributed by atoms with Crippen LogP contribution in [0.15, 0.2) is 42.9 Å². The number of rotatable bonds is 6. The number of aryl methyl sites for hydroxylation is 1. The molecular weight excluding hydrogens is 407 g/mol. The summed E-state index contributed by atoms with van der Waals surface area (Å²) < 4.78 is 20.0. The lowest BCUT2D eigenvalue weighted by Gasteiger charge is -2.19. The highest BCUT2D eigenvalue weighted by molar-refractivity contribution is 7.15. The predicted octanol–water partition coefficient (Wildman–Crippen LogP) is 3.45. The number of ether oxygens (including phenoxy) is 1. The molecule has 1 aromatic carbocycles. The summed E-state index contributed by atoms with van der Waals surface area (Å²) >= 11 is 1.38. The van der Waals surface area contributed by atoms with Crippen molar-refractivity contribution in [2.75, 3.05) is 5.73 Å². The molecule has 3 N–H and O–H groups in total. The second-order valence-corrected chi connectivity index (χ2v) is 7.65. The van der Waals surface area contributed by atoms with E-state index in [2.05, 4.69) is 20.2 Å². The van der Waals surface area contributed by atoms with Crippen LogP contribution in [0, 0.1) is 12.7 Å². The molecule has 0 fully saturated rings. The average molecular weight is 426 g/mol. The Bertz CT molecular complexity index is 1180. The van der Waals surface area contributed by atoms with Crippen molar-refractivity contribution in [3.63, 3.8) is 0 Å². The molecule has 1 atom stereocenters. The summed E-state index contributed by atoms with van der Waals surface area (Å²) in [5.74, 6) is 0.181. The Labute approximate surface area is 175 Å². The monoisotopic (exact) mass is 426 g/mol. The number of halogens is 1. The average Bonchev–Trinajstić information content (AvgIpc) is 3.39. The van der Waals surface area contributed by atoms with Crippen LogP contribution in [0.25, 0.3) is 16.1 Å². The molecule has 0 unspecified atom stereocenters. The van der Waals surface area contributed by atoms with E-state index < -0.39 is 11.9 Å². The van der Waals surface area contributed by atoms with Gasteiger partial charge in [0.25, 0.3) is 0 Å². The van der Waals surface area contributed by atoms with Crippen molar-refractivity contribution in [3.8, 4) is 21.9 Å². The van der Waals surface area contributed by atoms with Gasteiger partial charge in [0, 0.05) is 17.3 Å². The Kier molecular flexibility index (Phi) is 5.42. The van der Waals surface area contributed by atoms with E-state index in [9.17, 15) is 9.50 Å². The lowest BCUT2D eigenvalue weighted by molar-refractivity contribution is 0.226. The van der Waals surface area contributed by atoms with Gasteiger partial charge in [-0.2, -0.15) is 15.0 Å². The first kappa shape index (κ1) is 19.9. The molecule has 0 radical (unpaired) electrons. The molecule has 0 spiro atoms. The van der Waals surface area contributed by atoms with Crippen LogP contribution in [-0.2, 0) is 6.61 Å². The number of hydrogen-bond acceptors (Lipinski definition) is 8. The number of nitrogens with zero attached hydrogens (tertiary/aromatic N) is 5. The van der Waals surface area contributed by atoms with E-state index in [1.165, 1.54) is 28.3 Å². The maximum absolute atomic E-state index is 14.0. The van der Waals surface area contributed by atoms with Crippen molar-refractivity contribution in [2.45, 2.75) is 26.6 Å². The predicted molar refractivity (Wildman–Crippen MR) is 111 cm³/mol. The Hall–Kier alpha value is -3.37. The van der Waals surface area contributed by atoms with Gasteiger partial charge in [0.15, 0.2) is 11.6 Å². The van der Waals surface area contributed by atoms with Gasteiger partial charge in [0.2, 0.25) is 0 Å². The minimum Gasteiger partial charge on any atom is -0.482 e. The molecule has 30 heavy (non-hydrogen) atoms. The van der Waals surface area contributed by atoms with Crippen LogP contribution in [0.1, 0.15) is 29.3 Å². The van der Waals surface area contributed by atoms with Gasteiger partial charge in [-0.25, -0.2) is 14.4 Å². The minimum atomic E-state index is -0.559. The molecule has 0 saturated carbocycles. The highest BCUT2D eigenvalue weighted by Crippen LogP contribution is 2.35. The number of pyridine rings is 1. The van der Waals surface area contributed by atoms with E-state index in [4.69, 9.17) is 10.5 Å². The fraction of sp³-hybridized carbons (Fsp3) is 0.200. The van der Waals surface area contributed by atoms with Crippen molar-refractivity contribution in [1.29, 1.82) is 0 Å². The standard InChI is InChI=1S/C20H19FN6O2S/c1-11-19(30-18(10-28)26-11)13-7-17(20(22)23-9-13)29-12(2)15-8-14(21)3-4-16(15)27-24-5-6-25-27/h3-9,12,28H,10H2,1-2H3,(H2,22,23)/t12-/m1/s1. The third-order valence-electron chi connectivity index (χ3n) is 4.49. The van der Waals surface area contributed by atoms with Crippen LogP contribution < -0.4 is 10.5 Å². The van der Waals surface area contributed by atoms with E-state index in [0.29, 0.717) is 22.0 Å². The van der Waals surface area contributed by atoms with E-state index in [-0.39, 0.29) is 12.4 Å². The van der Waals surface area contributed by atoms with E-state index in [1.807, 2.05) is 6.92 Å². The molecule has 8 nitrogen and oxygen atoms in total. The van der Waals surface area contributed by atoms with Gasteiger partial charge in [-0.15, -0.1) is 11.3 Å². The number of anilines is 1. The van der Waals surface area contributed by atoms with Crippen LogP contribution in [-0.4, -0.2) is 30.1 Å². The number of thiazole rings is 1. The van der Waals surface area contributed by atoms with E-state index in [1.54, 1.807) is 37.6 Å². The van der Waals surface area contributed by atoms with Gasteiger partial charge in [-0.05, 0) is 38.1 Å². The lowest BCUT2D eigenvalue weighted by atomic mass is 10.1. The van der Waals surface area contributed by atoms with Gasteiger partial charge >= 0.3 is 0 Å². The fourth-order valence-corrected chi connectivity index (χ4v) is 3.99. The molecule has 0 bridgehead atoms. The highest BCUT2D eigenvalue weighted by Gasteiger charge is 2.19. The van der Waals surface area contributed by atoms with Crippen LogP contribution >= 0.6 is 11.3 Å². The van der Waals surface area contributed by atoms with Crippen LogP contribution in [0.4, 0.5) is 10.2 Å². The molecule has 0 saturated heterocycles. The van der Waals surface area contributed by atoms with Crippen LogP contribution in [0.2, 0.25) is 0 Å². The zero-order chi connectivity index (χ0) is 21.3. The Morgan fingerprint density at radius 2 is 2.03 bits per heavy atom. The molecule has 154 valence electrons. The number of benzene rings is 1. The maximum Gasteiger partial charge on any atom is 0.166 e. The van der Waals surface area contributed by atoms with E-state index >= 15 is 0 Å². The first-order valence-electron chi connectivity index (χ1n) is 9.12. The van der Waals surface area contributed by atoms with Gasteiger partial charge in [0.05, 0.1) is 35.3 Å². The zero-order valence-electron chi connectivity index (χ0n) is 16.3. The topological polar surface area (TPSA) is 112 Å². The second kappa shape index (κ2) is 8.17. The molecule has 3 heterocycles. The second-order valence-electron chi connectivity index (χ2n) is 6.57. The van der Waals surface area contributed by atoms with Crippen molar-refractivity contribution in [3.05, 3.63) is 64.9 Å². The Morgan fingerprint density at radius 1 is 1.27 bits per heavy atom. The molecule has 3 aromatic heterocycles. The zero-order valence-corrected chi connectivity index (χ0v) is 17.1. The van der Waals surface area contributed by atoms with Crippen molar-refractivity contribution in [2.24, 2.45) is 0 Å². The largest absolute Gasteiger partial charge is 0.482 e. The summed E-state index contributed by atoms with van der Waals surface area (Å²) in [6.45, 7) is 3.52. The number of aliphatic hydroxyl groups is 1. The highest BCUT2D eigenvalue weighted by atomic mass is 32.1. The molecule has 0 amide bonds. The quantitative estimate of drug-likeness (QED) is 0.486. The van der Waals surface area contributed by atoms with Gasteiger partial charge in [-0.1, -0.05) is 0 Å². The number of aromatic nitrogens is 5. The summed E-state index contributed by atoms with van der Waals surface area (Å²) in [5, 5.41) is 18.2. The summed E-state index contributed by atoms with van der Waals surface area (Å²) in [7, 11) is 0. The summed E-state index contributed by atoms with van der Waals surface area (Å²) in [4.78, 5) is 10.8. The molecule has 0 aliphatic heterocycles. The van der Waals surface area contributed by atoms with Gasteiger partial charge < -0.3 is 15.6 Å². The third kappa shape index (κ3) is 3.87. The number of nitrogen functional groups attached to an aromatic ring is 1. The summed E-state index contributed by atoms with van der Waals surface area (Å²) in [6, 6.07) is 6.10. The Morgan fingerprint density at radius 3 is 2.73 bits per heavy atom. The van der Waals surface area contributed by atoms with Crippen LogP contribution in [0.3, 0.4) is 0 Å². The van der Waals surface area contributed by atoms with Crippen molar-refractivity contribution in [1.82, 2.24) is 25.0 Å². The molecular formula is C20H19FN6O2S. The molecule has 4 rings (SSSR count). The van der Waals surface area contributed by atoms with Gasteiger partial charge in [-0.3, -0.25) is 0 Å². The number of hydrogen-bond donors (Lipinski definition) is 2. The van der Waals surface area contributed by atoms with Gasteiger partial charge in [0.1, 0.15) is 16.9 Å². The van der Waals surface area contributed by atoms with Crippen molar-refractivity contribution < 1.29 is 14.2 Å². The van der Waals surface area contributed by atoms with Crippen molar-refractivity contribution >= 4 is 17.2 Å². The van der Waals surface area contributed by atoms with Crippen LogP contribution in [0.5, 0.6) is 5.75 Å². The number of nitrogens with two attached hydrogens (primary N) is 1. The first-order chi connectivity index (χ1) is 14.5. The maximum atomic E-state index is 14.0. The SMILES string of the molecule is Cc1nc(CO)sc1-c1cnc(N)c(O[C@H](C)c2cc(F)ccc2-n2nccn2)c1. The third-order valence-corrected chi connectivity index (χ3v) is 5.68. The number of aliphatic hydroxyl groups excluding tert-OH is 1. The lowest BCUT2D eigenvalue weighted by Crippen LogP contribution is -2.11. The molecule has 0 aliphatic rings. The first-order valence-corrected chi connectivity index (χ1v) is 9.93. The Balaban J connectivity index is 1.68. The molecule has 0 aliphatic carbocycles. The summed E-state index contributed by atoms with van der Waals surface area (Å²) in [5.41, 5.74) is 8.75. The van der Waals surface area contributed by atoms with E-state index in [0.717, 1.165) is 16.1 Å².